The van der Waals surface area contributed by atoms with Gasteiger partial charge in [0, 0.05) is 0 Å². The van der Waals surface area contributed by atoms with Gasteiger partial charge in [0.15, 0.2) is 0 Å². The molecule has 0 unspecified atom stereocenters. The largest absolute Gasteiger partial charge is 0.497 e. The zero-order chi connectivity index (χ0) is 13.4. The van der Waals surface area contributed by atoms with E-state index >= 15 is 0 Å². The molecular formula is C12H15BrN2O3. The second kappa shape index (κ2) is 7.71. The molecule has 0 bridgehead atoms. The van der Waals surface area contributed by atoms with Crippen LogP contribution in [0.5, 0.6) is 5.75 Å². The summed E-state index contributed by atoms with van der Waals surface area (Å²) < 4.78 is 9.94. The first-order chi connectivity index (χ1) is 8.67. The van der Waals surface area contributed by atoms with Gasteiger partial charge in [-0.05, 0) is 40.5 Å². The molecule has 0 spiro atoms. The van der Waals surface area contributed by atoms with E-state index in [4.69, 9.17) is 9.47 Å². The molecule has 0 amide bonds. The van der Waals surface area contributed by atoms with E-state index < -0.39 is 5.97 Å². The molecule has 0 radical (unpaired) electrons. The van der Waals surface area contributed by atoms with E-state index in [1.807, 2.05) is 24.3 Å². The highest BCUT2D eigenvalue weighted by Crippen LogP contribution is 2.10. The summed E-state index contributed by atoms with van der Waals surface area (Å²) in [7, 11) is 1.62. The lowest BCUT2D eigenvalue weighted by molar-refractivity contribution is -0.134. The van der Waals surface area contributed by atoms with Gasteiger partial charge in [-0.2, -0.15) is 5.10 Å². The molecule has 0 saturated carbocycles. The first-order valence-electron chi connectivity index (χ1n) is 5.43. The first-order valence-corrected chi connectivity index (χ1v) is 6.22. The summed E-state index contributed by atoms with van der Waals surface area (Å²) in [5, 5.41) is 3.86. The Balaban J connectivity index is 2.44. The van der Waals surface area contributed by atoms with Gasteiger partial charge in [-0.3, -0.25) is 0 Å². The summed E-state index contributed by atoms with van der Waals surface area (Å²) >= 11 is 3.03. The van der Waals surface area contributed by atoms with Gasteiger partial charge in [-0.1, -0.05) is 12.1 Å². The van der Waals surface area contributed by atoms with Crippen LogP contribution in [0.15, 0.2) is 29.4 Å². The van der Waals surface area contributed by atoms with Crippen molar-refractivity contribution in [2.45, 2.75) is 13.5 Å². The Hall–Kier alpha value is -1.56. The number of rotatable bonds is 6. The van der Waals surface area contributed by atoms with E-state index in [9.17, 15) is 4.79 Å². The van der Waals surface area contributed by atoms with Crippen molar-refractivity contribution >= 4 is 26.5 Å². The summed E-state index contributed by atoms with van der Waals surface area (Å²) in [6.45, 7) is 2.57. The van der Waals surface area contributed by atoms with Gasteiger partial charge in [-0.25, -0.2) is 4.79 Å². The van der Waals surface area contributed by atoms with Crippen LogP contribution in [-0.2, 0) is 16.1 Å². The van der Waals surface area contributed by atoms with E-state index in [0.717, 1.165) is 11.3 Å². The zero-order valence-electron chi connectivity index (χ0n) is 10.3. The summed E-state index contributed by atoms with van der Waals surface area (Å²) in [5.74, 6) is 0.315. The van der Waals surface area contributed by atoms with E-state index in [-0.39, 0.29) is 4.62 Å². The minimum absolute atomic E-state index is 0.123. The monoisotopic (exact) mass is 314 g/mol. The molecule has 0 fully saturated rings. The van der Waals surface area contributed by atoms with Crippen LogP contribution < -0.4 is 10.2 Å². The highest BCUT2D eigenvalue weighted by Gasteiger charge is 2.07. The Kier molecular flexibility index (Phi) is 6.21. The van der Waals surface area contributed by atoms with Gasteiger partial charge in [-0.15, -0.1) is 0 Å². The highest BCUT2D eigenvalue weighted by atomic mass is 79.9. The lowest BCUT2D eigenvalue weighted by Crippen LogP contribution is -2.16. The number of carbonyl (C=O) groups excluding carboxylic acids is 1. The van der Waals surface area contributed by atoms with Crippen LogP contribution in [0.1, 0.15) is 12.5 Å². The van der Waals surface area contributed by atoms with E-state index in [1.54, 1.807) is 14.0 Å². The van der Waals surface area contributed by atoms with Gasteiger partial charge in [0.2, 0.25) is 4.62 Å². The molecule has 0 atom stereocenters. The van der Waals surface area contributed by atoms with Gasteiger partial charge >= 0.3 is 5.97 Å². The Morgan fingerprint density at radius 2 is 2.06 bits per heavy atom. The van der Waals surface area contributed by atoms with Crippen LogP contribution >= 0.6 is 15.9 Å². The minimum Gasteiger partial charge on any atom is -0.497 e. The minimum atomic E-state index is -0.486. The van der Waals surface area contributed by atoms with Crippen LogP contribution in [0.25, 0.3) is 0 Å². The van der Waals surface area contributed by atoms with Crippen molar-refractivity contribution in [3.8, 4) is 5.75 Å². The Labute approximate surface area is 114 Å². The first kappa shape index (κ1) is 14.5. The van der Waals surface area contributed by atoms with Crippen molar-refractivity contribution in [2.24, 2.45) is 5.10 Å². The summed E-state index contributed by atoms with van der Waals surface area (Å²) in [4.78, 5) is 11.2. The number of methoxy groups -OCH3 is 1. The van der Waals surface area contributed by atoms with Crippen LogP contribution in [-0.4, -0.2) is 24.3 Å². The maximum atomic E-state index is 11.2. The maximum absolute atomic E-state index is 11.2. The van der Waals surface area contributed by atoms with Crippen molar-refractivity contribution < 1.29 is 14.3 Å². The fourth-order valence-corrected chi connectivity index (χ4v) is 1.42. The number of nitrogens with one attached hydrogen (secondary N) is 1. The molecule has 0 aromatic heterocycles. The average Bonchev–Trinajstić information content (AvgIpc) is 2.39. The lowest BCUT2D eigenvalue weighted by Gasteiger charge is -2.04. The van der Waals surface area contributed by atoms with E-state index in [2.05, 4.69) is 26.5 Å². The van der Waals surface area contributed by atoms with Crippen LogP contribution in [0.2, 0.25) is 0 Å². The fraction of sp³-hybridized carbons (Fsp3) is 0.333. The summed E-state index contributed by atoms with van der Waals surface area (Å²) in [6.07, 6.45) is 0. The molecule has 0 saturated heterocycles. The molecule has 1 aromatic carbocycles. The second-order valence-electron chi connectivity index (χ2n) is 3.31. The van der Waals surface area contributed by atoms with Gasteiger partial charge in [0.05, 0.1) is 20.3 Å². The third-order valence-electron chi connectivity index (χ3n) is 2.06. The SMILES string of the molecule is CCOC(=O)/C(Br)=N/NCc1ccc(OC)cc1. The number of carbonyl (C=O) groups is 1. The van der Waals surface area contributed by atoms with Crippen molar-refractivity contribution in [2.75, 3.05) is 13.7 Å². The van der Waals surface area contributed by atoms with Crippen molar-refractivity contribution in [1.29, 1.82) is 0 Å². The molecular weight excluding hydrogens is 300 g/mol. The molecule has 98 valence electrons. The zero-order valence-corrected chi connectivity index (χ0v) is 11.9. The second-order valence-corrected chi connectivity index (χ2v) is 4.06. The molecule has 0 heterocycles. The normalized spacial score (nSPS) is 10.9. The molecule has 1 aromatic rings. The lowest BCUT2D eigenvalue weighted by atomic mass is 10.2. The number of esters is 1. The standard InChI is InChI=1S/C12H15BrN2O3/c1-3-18-12(16)11(13)15-14-8-9-4-6-10(17-2)7-5-9/h4-7,14H,3,8H2,1-2H3/b15-11-. The van der Waals surface area contributed by atoms with Crippen molar-refractivity contribution in [3.05, 3.63) is 29.8 Å². The molecule has 18 heavy (non-hydrogen) atoms. The molecule has 1 N–H and O–H groups in total. The van der Waals surface area contributed by atoms with Crippen molar-refractivity contribution in [1.82, 2.24) is 5.43 Å². The summed E-state index contributed by atoms with van der Waals surface area (Å²) in [6, 6.07) is 7.56. The van der Waals surface area contributed by atoms with Crippen LogP contribution in [0, 0.1) is 0 Å². The van der Waals surface area contributed by atoms with E-state index in [0.29, 0.717) is 13.2 Å². The Morgan fingerprint density at radius 1 is 1.39 bits per heavy atom. The molecule has 6 heteroatoms. The predicted octanol–water partition coefficient (Wildman–Crippen LogP) is 2.06. The molecule has 5 nitrogen and oxygen atoms in total. The number of benzene rings is 1. The molecule has 0 aliphatic carbocycles. The van der Waals surface area contributed by atoms with Crippen molar-refractivity contribution in [3.63, 3.8) is 0 Å². The average molecular weight is 315 g/mol. The predicted molar refractivity (Wildman–Crippen MR) is 72.8 cm³/mol. The molecule has 1 rings (SSSR count). The van der Waals surface area contributed by atoms with Crippen LogP contribution in [0.4, 0.5) is 0 Å². The van der Waals surface area contributed by atoms with Gasteiger partial charge < -0.3 is 14.9 Å². The Bertz CT molecular complexity index is 418. The van der Waals surface area contributed by atoms with Crippen LogP contribution in [0.3, 0.4) is 0 Å². The Morgan fingerprint density at radius 3 is 2.61 bits per heavy atom. The number of hydrazone groups is 1. The van der Waals surface area contributed by atoms with Gasteiger partial charge in [0.25, 0.3) is 0 Å². The smallest absolute Gasteiger partial charge is 0.366 e. The maximum Gasteiger partial charge on any atom is 0.366 e. The quantitative estimate of drug-likeness (QED) is 0.496. The molecule has 0 aliphatic rings. The number of ether oxygens (including phenoxy) is 2. The third kappa shape index (κ3) is 4.75. The molecule has 0 aliphatic heterocycles. The number of halogens is 1. The number of hydrogen-bond donors (Lipinski definition) is 1. The van der Waals surface area contributed by atoms with Gasteiger partial charge in [0.1, 0.15) is 5.75 Å². The number of nitrogens with zero attached hydrogens (tertiary/aromatic N) is 1. The fourth-order valence-electron chi connectivity index (χ4n) is 1.18. The summed E-state index contributed by atoms with van der Waals surface area (Å²) in [5.41, 5.74) is 3.81. The highest BCUT2D eigenvalue weighted by molar-refractivity contribution is 9.19. The number of hydrogen-bond acceptors (Lipinski definition) is 5. The topological polar surface area (TPSA) is 59.9 Å². The van der Waals surface area contributed by atoms with E-state index in [1.165, 1.54) is 0 Å². The third-order valence-corrected chi connectivity index (χ3v) is 2.56.